The number of H-pyrrole nitrogens is 1. The van der Waals surface area contributed by atoms with Crippen molar-refractivity contribution in [2.45, 2.75) is 0 Å². The molecule has 0 spiro atoms. The van der Waals surface area contributed by atoms with Crippen LogP contribution in [0.25, 0.3) is 11.0 Å². The number of carbonyl (C=O) groups excluding carboxylic acids is 3. The first kappa shape index (κ1) is 22.9. The van der Waals surface area contributed by atoms with E-state index < -0.39 is 17.6 Å². The second-order valence-corrected chi connectivity index (χ2v) is 8.17. The molecule has 1 fully saturated rings. The minimum Gasteiger partial charge on any atom is -0.366 e. The Bertz CT molecular complexity index is 1460. The summed E-state index contributed by atoms with van der Waals surface area (Å²) in [6.45, 7) is 1.85. The van der Waals surface area contributed by atoms with E-state index in [1.165, 1.54) is 6.07 Å². The number of nitrogens with two attached hydrogens (primary N) is 1. The molecule has 0 bridgehead atoms. The van der Waals surface area contributed by atoms with Crippen LogP contribution in [-0.4, -0.2) is 68.7 Å². The number of carbonyl (C=O) groups is 3. The van der Waals surface area contributed by atoms with Crippen LogP contribution in [0.5, 0.6) is 0 Å². The summed E-state index contributed by atoms with van der Waals surface area (Å²) in [6.07, 6.45) is 2.22. The molecule has 182 valence electrons. The van der Waals surface area contributed by atoms with E-state index >= 15 is 0 Å². The molecule has 0 saturated carbocycles. The molecule has 5 rings (SSSR count). The van der Waals surface area contributed by atoms with Gasteiger partial charge >= 0.3 is 0 Å². The Morgan fingerprint density at radius 1 is 0.972 bits per heavy atom. The molecule has 36 heavy (non-hydrogen) atoms. The predicted molar refractivity (Wildman–Crippen MR) is 129 cm³/mol. The van der Waals surface area contributed by atoms with Crippen LogP contribution in [0.4, 0.5) is 16.3 Å². The third-order valence-corrected chi connectivity index (χ3v) is 5.84. The lowest BCUT2D eigenvalue weighted by atomic mass is 10.1. The maximum absolute atomic E-state index is 13.1. The van der Waals surface area contributed by atoms with Crippen molar-refractivity contribution in [3.8, 4) is 0 Å². The zero-order valence-electron chi connectivity index (χ0n) is 18.9. The highest BCUT2D eigenvalue weighted by atomic mass is 19.1. The molecule has 2 aromatic heterocycles. The third kappa shape index (κ3) is 4.56. The van der Waals surface area contributed by atoms with Crippen molar-refractivity contribution < 1.29 is 18.8 Å². The summed E-state index contributed by atoms with van der Waals surface area (Å²) in [5, 5.41) is 2.66. The van der Waals surface area contributed by atoms with Crippen LogP contribution in [0.15, 0.2) is 54.9 Å². The number of primary amides is 1. The quantitative estimate of drug-likeness (QED) is 0.388. The molecular formula is C24H21FN8O3. The van der Waals surface area contributed by atoms with E-state index in [1.54, 1.807) is 41.3 Å². The van der Waals surface area contributed by atoms with Gasteiger partial charge in [0.1, 0.15) is 5.52 Å². The number of imidazole rings is 1. The van der Waals surface area contributed by atoms with Gasteiger partial charge in [-0.3, -0.25) is 19.7 Å². The van der Waals surface area contributed by atoms with E-state index in [4.69, 9.17) is 5.73 Å². The van der Waals surface area contributed by atoms with E-state index in [2.05, 4.69) is 25.3 Å². The number of piperazine rings is 1. The Hall–Kier alpha value is -4.87. The molecule has 0 aliphatic carbocycles. The topological polar surface area (TPSA) is 150 Å². The molecule has 1 aliphatic rings. The fourth-order valence-electron chi connectivity index (χ4n) is 4.02. The summed E-state index contributed by atoms with van der Waals surface area (Å²) in [5.41, 5.74) is 7.18. The maximum Gasteiger partial charge on any atom is 0.257 e. The molecule has 3 heterocycles. The van der Waals surface area contributed by atoms with Gasteiger partial charge in [-0.25, -0.2) is 19.3 Å². The number of benzene rings is 2. The van der Waals surface area contributed by atoms with E-state index in [9.17, 15) is 18.8 Å². The number of aromatic nitrogens is 4. The van der Waals surface area contributed by atoms with E-state index in [0.717, 1.165) is 12.4 Å². The molecule has 0 radical (unpaired) electrons. The van der Waals surface area contributed by atoms with Crippen LogP contribution < -0.4 is 16.0 Å². The van der Waals surface area contributed by atoms with Crippen molar-refractivity contribution >= 4 is 40.7 Å². The number of rotatable bonds is 5. The Morgan fingerprint density at radius 3 is 2.39 bits per heavy atom. The zero-order valence-corrected chi connectivity index (χ0v) is 18.9. The smallest absolute Gasteiger partial charge is 0.257 e. The van der Waals surface area contributed by atoms with Crippen LogP contribution in [0.3, 0.4) is 0 Å². The lowest BCUT2D eigenvalue weighted by Gasteiger charge is -2.34. The highest BCUT2D eigenvalue weighted by Gasteiger charge is 2.24. The largest absolute Gasteiger partial charge is 0.366 e. The monoisotopic (exact) mass is 488 g/mol. The predicted octanol–water partition coefficient (Wildman–Crippen LogP) is 1.81. The van der Waals surface area contributed by atoms with Crippen LogP contribution in [0, 0.1) is 5.82 Å². The first-order chi connectivity index (χ1) is 17.4. The minimum absolute atomic E-state index is 0.152. The number of amides is 3. The van der Waals surface area contributed by atoms with Gasteiger partial charge in [-0.15, -0.1) is 0 Å². The minimum atomic E-state index is -0.623. The van der Waals surface area contributed by atoms with Gasteiger partial charge in [0.25, 0.3) is 17.7 Å². The molecule has 4 aromatic rings. The summed E-state index contributed by atoms with van der Waals surface area (Å²) in [5.74, 6) is -1.24. The number of nitrogens with one attached hydrogen (secondary N) is 2. The Kier molecular flexibility index (Phi) is 5.98. The zero-order chi connectivity index (χ0) is 25.2. The van der Waals surface area contributed by atoms with Gasteiger partial charge in [0.15, 0.2) is 5.82 Å². The van der Waals surface area contributed by atoms with Crippen LogP contribution in [0.1, 0.15) is 31.1 Å². The SMILES string of the molecule is NC(=O)c1cccc2[nH]c(NC(=O)c3cccc(C(=O)N4CCN(c5ncc(F)cn5)CC4)c3)nc12. The van der Waals surface area contributed by atoms with Crippen LogP contribution in [-0.2, 0) is 0 Å². The van der Waals surface area contributed by atoms with Crippen molar-refractivity contribution in [3.63, 3.8) is 0 Å². The average molecular weight is 488 g/mol. The molecule has 2 aromatic carbocycles. The number of hydrogen-bond acceptors (Lipinski definition) is 7. The second-order valence-electron chi connectivity index (χ2n) is 8.17. The van der Waals surface area contributed by atoms with Crippen LogP contribution >= 0.6 is 0 Å². The van der Waals surface area contributed by atoms with Gasteiger partial charge in [0, 0.05) is 37.3 Å². The highest BCUT2D eigenvalue weighted by Crippen LogP contribution is 2.19. The highest BCUT2D eigenvalue weighted by molar-refractivity contribution is 6.07. The fraction of sp³-hybridized carbons (Fsp3) is 0.167. The summed E-state index contributed by atoms with van der Waals surface area (Å²) in [7, 11) is 0. The number of para-hydroxylation sites is 1. The molecule has 11 nitrogen and oxygen atoms in total. The standard InChI is InChI=1S/C24H21FN8O3/c25-16-12-27-24(28-13-16)33-9-7-32(8-10-33)22(36)15-4-1-3-14(11-15)21(35)31-23-29-18-6-2-5-17(20(26)34)19(18)30-23/h1-6,11-13H,7-10H2,(H2,26,34)(H2,29,30,31,35). The lowest BCUT2D eigenvalue weighted by Crippen LogP contribution is -2.49. The van der Waals surface area contributed by atoms with Crippen molar-refractivity contribution in [2.75, 3.05) is 36.4 Å². The van der Waals surface area contributed by atoms with Gasteiger partial charge < -0.3 is 20.5 Å². The first-order valence-electron chi connectivity index (χ1n) is 11.1. The van der Waals surface area contributed by atoms with Crippen molar-refractivity contribution in [1.29, 1.82) is 0 Å². The van der Waals surface area contributed by atoms with Gasteiger partial charge in [-0.05, 0) is 30.3 Å². The molecule has 0 unspecified atom stereocenters. The van der Waals surface area contributed by atoms with Gasteiger partial charge in [-0.2, -0.15) is 0 Å². The summed E-state index contributed by atoms with van der Waals surface area (Å²) in [4.78, 5) is 56.3. The normalized spacial score (nSPS) is 13.6. The number of nitrogens with zero attached hydrogens (tertiary/aromatic N) is 5. The van der Waals surface area contributed by atoms with Crippen molar-refractivity contribution in [2.24, 2.45) is 5.73 Å². The number of hydrogen-bond donors (Lipinski definition) is 3. The summed E-state index contributed by atoms with van der Waals surface area (Å²) >= 11 is 0. The lowest BCUT2D eigenvalue weighted by molar-refractivity contribution is 0.0746. The first-order valence-corrected chi connectivity index (χ1v) is 11.1. The molecule has 1 aliphatic heterocycles. The summed E-state index contributed by atoms with van der Waals surface area (Å²) < 4.78 is 13.1. The average Bonchev–Trinajstić information content (AvgIpc) is 3.31. The molecule has 0 atom stereocenters. The number of anilines is 2. The molecule has 3 amide bonds. The Labute approximate surface area is 204 Å². The summed E-state index contributed by atoms with van der Waals surface area (Å²) in [6, 6.07) is 11.3. The fourth-order valence-corrected chi connectivity index (χ4v) is 4.02. The van der Waals surface area contributed by atoms with Crippen molar-refractivity contribution in [3.05, 3.63) is 77.4 Å². The molecule has 4 N–H and O–H groups in total. The number of aromatic amines is 1. The van der Waals surface area contributed by atoms with Crippen molar-refractivity contribution in [1.82, 2.24) is 24.8 Å². The molecule has 12 heteroatoms. The molecular weight excluding hydrogens is 467 g/mol. The Morgan fingerprint density at radius 2 is 1.67 bits per heavy atom. The van der Waals surface area contributed by atoms with Gasteiger partial charge in [0.05, 0.1) is 23.5 Å². The number of fused-ring (bicyclic) bond motifs is 1. The Balaban J connectivity index is 1.26. The second kappa shape index (κ2) is 9.41. The maximum atomic E-state index is 13.1. The third-order valence-electron chi connectivity index (χ3n) is 5.84. The van der Waals surface area contributed by atoms with E-state index in [1.807, 2.05) is 4.90 Å². The van der Waals surface area contributed by atoms with Crippen LogP contribution in [0.2, 0.25) is 0 Å². The van der Waals surface area contributed by atoms with E-state index in [0.29, 0.717) is 48.7 Å². The van der Waals surface area contributed by atoms with E-state index in [-0.39, 0.29) is 23.0 Å². The molecule has 1 saturated heterocycles. The van der Waals surface area contributed by atoms with Gasteiger partial charge in [0.2, 0.25) is 11.9 Å². The number of halogens is 1. The van der Waals surface area contributed by atoms with Gasteiger partial charge in [-0.1, -0.05) is 12.1 Å².